The van der Waals surface area contributed by atoms with Gasteiger partial charge in [0.25, 0.3) is 6.43 Å². The van der Waals surface area contributed by atoms with Crippen molar-refractivity contribution in [1.82, 2.24) is 15.1 Å². The molecule has 1 saturated heterocycles. The summed E-state index contributed by atoms with van der Waals surface area (Å²) in [5.74, 6) is 0.353. The molecular weight excluding hydrogens is 412 g/mol. The first-order chi connectivity index (χ1) is 15.0. The summed E-state index contributed by atoms with van der Waals surface area (Å²) < 4.78 is 41.7. The number of benzene rings is 2. The van der Waals surface area contributed by atoms with Gasteiger partial charge in [0.2, 0.25) is 5.89 Å². The van der Waals surface area contributed by atoms with Crippen molar-refractivity contribution in [2.45, 2.75) is 12.5 Å². The highest BCUT2D eigenvalue weighted by Gasteiger charge is 2.35. The molecule has 0 atom stereocenters. The molecule has 0 aliphatic carbocycles. The average molecular weight is 429 g/mol. The van der Waals surface area contributed by atoms with Crippen molar-refractivity contribution < 1.29 is 32.3 Å². The van der Waals surface area contributed by atoms with E-state index >= 15 is 0 Å². The third-order valence-electron chi connectivity index (χ3n) is 4.79. The fraction of sp³-hybridized carbons (Fsp3) is 0.238. The van der Waals surface area contributed by atoms with E-state index in [9.17, 15) is 18.4 Å². The lowest BCUT2D eigenvalue weighted by Gasteiger charge is -2.38. The van der Waals surface area contributed by atoms with Crippen molar-refractivity contribution in [3.63, 3.8) is 0 Å². The Hall–Kier alpha value is -3.82. The summed E-state index contributed by atoms with van der Waals surface area (Å²) in [5.41, 5.74) is 0.731. The van der Waals surface area contributed by atoms with Gasteiger partial charge in [0.05, 0.1) is 25.8 Å². The molecular formula is C21H17F2N3O5. The highest BCUT2D eigenvalue weighted by Crippen LogP contribution is 2.27. The highest BCUT2D eigenvalue weighted by atomic mass is 19.3. The molecule has 0 bridgehead atoms. The Morgan fingerprint density at radius 1 is 1.19 bits per heavy atom. The van der Waals surface area contributed by atoms with Crippen molar-refractivity contribution in [3.05, 3.63) is 59.5 Å². The molecule has 31 heavy (non-hydrogen) atoms. The van der Waals surface area contributed by atoms with Gasteiger partial charge in [-0.1, -0.05) is 12.1 Å². The van der Waals surface area contributed by atoms with Crippen LogP contribution in [0.2, 0.25) is 0 Å². The van der Waals surface area contributed by atoms with Gasteiger partial charge in [-0.25, -0.2) is 8.78 Å². The number of likely N-dealkylation sites (tertiary alicyclic amines) is 1. The number of aldehydes is 1. The standard InChI is InChI=1S/C21H17F2N3O5/c1-29-17-8-15(7-6-14(17)11-27)30-16-9-26(10-16)21(28)20-25-24-19(31-20)13-4-2-12(3-5-13)18(22)23/h2-8,11,16,18H,9-10H2,1H3. The molecule has 0 unspecified atom stereocenters. The monoisotopic (exact) mass is 429 g/mol. The van der Waals surface area contributed by atoms with E-state index in [2.05, 4.69) is 10.2 Å². The molecule has 3 aromatic rings. The van der Waals surface area contributed by atoms with E-state index in [1.807, 2.05) is 0 Å². The molecule has 2 aromatic carbocycles. The lowest BCUT2D eigenvalue weighted by Crippen LogP contribution is -2.56. The van der Waals surface area contributed by atoms with Gasteiger partial charge < -0.3 is 18.8 Å². The Balaban J connectivity index is 1.35. The molecule has 1 aliphatic heterocycles. The van der Waals surface area contributed by atoms with Crippen LogP contribution in [0.3, 0.4) is 0 Å². The third-order valence-corrected chi connectivity index (χ3v) is 4.79. The number of rotatable bonds is 7. The van der Waals surface area contributed by atoms with Crippen LogP contribution in [0.15, 0.2) is 46.9 Å². The summed E-state index contributed by atoms with van der Waals surface area (Å²) in [6.45, 7) is 0.634. The molecule has 4 rings (SSSR count). The number of carbonyl (C=O) groups is 2. The van der Waals surface area contributed by atoms with Crippen molar-refractivity contribution in [1.29, 1.82) is 0 Å². The van der Waals surface area contributed by atoms with Gasteiger partial charge >= 0.3 is 11.8 Å². The maximum atomic E-state index is 12.7. The topological polar surface area (TPSA) is 94.8 Å². The van der Waals surface area contributed by atoms with Crippen LogP contribution < -0.4 is 9.47 Å². The minimum atomic E-state index is -2.57. The van der Waals surface area contributed by atoms with E-state index in [1.54, 1.807) is 18.2 Å². The fourth-order valence-corrected chi connectivity index (χ4v) is 3.07. The Kier molecular flexibility index (Phi) is 5.61. The predicted molar refractivity (Wildman–Crippen MR) is 103 cm³/mol. The van der Waals surface area contributed by atoms with Crippen molar-refractivity contribution in [2.75, 3.05) is 20.2 Å². The first kappa shape index (κ1) is 20.5. The molecule has 1 amide bonds. The first-order valence-corrected chi connectivity index (χ1v) is 9.29. The second kappa shape index (κ2) is 8.50. The summed E-state index contributed by atoms with van der Waals surface area (Å²) in [4.78, 5) is 25.0. The van der Waals surface area contributed by atoms with Gasteiger partial charge in [-0.2, -0.15) is 0 Å². The maximum absolute atomic E-state index is 12.7. The smallest absolute Gasteiger partial charge is 0.311 e. The number of methoxy groups -OCH3 is 1. The first-order valence-electron chi connectivity index (χ1n) is 9.29. The van der Waals surface area contributed by atoms with E-state index in [-0.39, 0.29) is 23.4 Å². The van der Waals surface area contributed by atoms with Crippen molar-refractivity contribution in [2.24, 2.45) is 0 Å². The summed E-state index contributed by atoms with van der Waals surface area (Å²) in [6, 6.07) is 10.2. The Morgan fingerprint density at radius 2 is 1.94 bits per heavy atom. The van der Waals surface area contributed by atoms with Crippen LogP contribution in [0, 0.1) is 0 Å². The van der Waals surface area contributed by atoms with E-state index in [1.165, 1.54) is 36.3 Å². The van der Waals surface area contributed by atoms with Crippen LogP contribution in [0.1, 0.15) is 33.0 Å². The number of alkyl halides is 2. The molecule has 1 fully saturated rings. The van der Waals surface area contributed by atoms with Crippen LogP contribution >= 0.6 is 0 Å². The number of aromatic nitrogens is 2. The fourth-order valence-electron chi connectivity index (χ4n) is 3.07. The molecule has 0 spiro atoms. The number of amides is 1. The van der Waals surface area contributed by atoms with Crippen LogP contribution in [0.5, 0.6) is 11.5 Å². The van der Waals surface area contributed by atoms with Crippen LogP contribution in [0.25, 0.3) is 11.5 Å². The van der Waals surface area contributed by atoms with Crippen LogP contribution in [-0.2, 0) is 0 Å². The van der Waals surface area contributed by atoms with Gasteiger partial charge in [-0.3, -0.25) is 9.59 Å². The summed E-state index contributed by atoms with van der Waals surface area (Å²) >= 11 is 0. The summed E-state index contributed by atoms with van der Waals surface area (Å²) in [5, 5.41) is 7.58. The molecule has 0 N–H and O–H groups in total. The van der Waals surface area contributed by atoms with Crippen molar-refractivity contribution in [3.8, 4) is 23.0 Å². The number of nitrogens with zero attached hydrogens (tertiary/aromatic N) is 3. The molecule has 0 saturated carbocycles. The molecule has 1 aromatic heterocycles. The number of carbonyl (C=O) groups excluding carboxylic acids is 2. The molecule has 10 heteroatoms. The molecule has 1 aliphatic rings. The number of hydrogen-bond donors (Lipinski definition) is 0. The summed E-state index contributed by atoms with van der Waals surface area (Å²) in [7, 11) is 1.46. The lowest BCUT2D eigenvalue weighted by atomic mass is 10.1. The molecule has 0 radical (unpaired) electrons. The maximum Gasteiger partial charge on any atom is 0.311 e. The van der Waals surface area contributed by atoms with Gasteiger partial charge in [0, 0.05) is 17.2 Å². The van der Waals surface area contributed by atoms with E-state index in [0.29, 0.717) is 42.0 Å². The Bertz CT molecular complexity index is 1090. The second-order valence-corrected chi connectivity index (χ2v) is 6.81. The Labute approximate surface area is 175 Å². The summed E-state index contributed by atoms with van der Waals surface area (Å²) in [6.07, 6.45) is -2.11. The molecule has 8 nitrogen and oxygen atoms in total. The zero-order chi connectivity index (χ0) is 22.0. The largest absolute Gasteiger partial charge is 0.496 e. The number of halogens is 2. The quantitative estimate of drug-likeness (QED) is 0.531. The van der Waals surface area contributed by atoms with Crippen LogP contribution in [0.4, 0.5) is 8.78 Å². The average Bonchev–Trinajstić information content (AvgIpc) is 3.25. The minimum absolute atomic E-state index is 0.0693. The van der Waals surface area contributed by atoms with Crippen LogP contribution in [-0.4, -0.2) is 53.6 Å². The van der Waals surface area contributed by atoms with Gasteiger partial charge in [-0.15, -0.1) is 10.2 Å². The van der Waals surface area contributed by atoms with E-state index in [0.717, 1.165) is 0 Å². The van der Waals surface area contributed by atoms with Gasteiger partial charge in [-0.05, 0) is 24.3 Å². The minimum Gasteiger partial charge on any atom is -0.496 e. The van der Waals surface area contributed by atoms with E-state index in [4.69, 9.17) is 13.9 Å². The third kappa shape index (κ3) is 4.23. The van der Waals surface area contributed by atoms with Crippen molar-refractivity contribution >= 4 is 12.2 Å². The molecule has 160 valence electrons. The normalized spacial score (nSPS) is 13.7. The Morgan fingerprint density at radius 3 is 2.58 bits per heavy atom. The van der Waals surface area contributed by atoms with Gasteiger partial charge in [0.15, 0.2) is 6.29 Å². The van der Waals surface area contributed by atoms with Gasteiger partial charge in [0.1, 0.15) is 17.6 Å². The second-order valence-electron chi connectivity index (χ2n) is 6.81. The predicted octanol–water partition coefficient (Wildman–Crippen LogP) is 3.40. The lowest BCUT2D eigenvalue weighted by molar-refractivity contribution is 0.0149. The molecule has 2 heterocycles. The zero-order valence-corrected chi connectivity index (χ0v) is 16.3. The SMILES string of the molecule is COc1cc(OC2CN(C(=O)c3nnc(-c4ccc(C(F)F)cc4)o3)C2)ccc1C=O. The number of ether oxygens (including phenoxy) is 2. The van der Waals surface area contributed by atoms with E-state index < -0.39 is 12.3 Å². The zero-order valence-electron chi connectivity index (χ0n) is 16.3. The highest BCUT2D eigenvalue weighted by molar-refractivity contribution is 5.90. The number of hydrogen-bond acceptors (Lipinski definition) is 7.